The molecule has 0 saturated carbocycles. The molecule has 36 heavy (non-hydrogen) atoms. The van der Waals surface area contributed by atoms with Crippen molar-refractivity contribution in [3.63, 3.8) is 0 Å². The lowest BCUT2D eigenvalue weighted by Crippen LogP contribution is -2.45. The molecule has 6 nitrogen and oxygen atoms in total. The van der Waals surface area contributed by atoms with Gasteiger partial charge in [0.05, 0.1) is 0 Å². The average Bonchev–Trinajstić information content (AvgIpc) is 2.85. The van der Waals surface area contributed by atoms with Gasteiger partial charge in [-0.15, -0.1) is 0 Å². The van der Waals surface area contributed by atoms with Gasteiger partial charge < -0.3 is 19.6 Å². The standard InChI is InChI=1S/C30H58N4O2/c1-5-7-9-10-12-18-28-26-30(36)34(24-16-20-32(28)4)22-14-13-21-33-23-15-19-31(3)27(25-29(33)35)17-11-8-6-2/h27-28H,5-26H2,1-4H3/t27-,28+/m1/s1. The molecule has 2 rings (SSSR count). The van der Waals surface area contributed by atoms with E-state index in [1.807, 2.05) is 0 Å². The first kappa shape index (κ1) is 31.1. The summed E-state index contributed by atoms with van der Waals surface area (Å²) in [7, 11) is 4.39. The fourth-order valence-corrected chi connectivity index (χ4v) is 5.95. The molecule has 0 bridgehead atoms. The van der Waals surface area contributed by atoms with Crippen LogP contribution in [0.25, 0.3) is 0 Å². The summed E-state index contributed by atoms with van der Waals surface area (Å²) in [5, 5.41) is 0. The third kappa shape index (κ3) is 11.5. The first-order valence-electron chi connectivity index (χ1n) is 15.4. The molecule has 0 radical (unpaired) electrons. The maximum absolute atomic E-state index is 13.1. The van der Waals surface area contributed by atoms with Crippen molar-refractivity contribution in [3.8, 4) is 0 Å². The highest BCUT2D eigenvalue weighted by Gasteiger charge is 2.26. The highest BCUT2D eigenvalue weighted by molar-refractivity contribution is 5.77. The quantitative estimate of drug-likeness (QED) is 0.273. The minimum atomic E-state index is 0.329. The van der Waals surface area contributed by atoms with Crippen molar-refractivity contribution in [2.24, 2.45) is 0 Å². The molecule has 2 amide bonds. The van der Waals surface area contributed by atoms with Crippen LogP contribution in [0.1, 0.15) is 117 Å². The van der Waals surface area contributed by atoms with Gasteiger partial charge in [0, 0.05) is 51.1 Å². The summed E-state index contributed by atoms with van der Waals surface area (Å²) in [4.78, 5) is 35.2. The zero-order chi connectivity index (χ0) is 26.2. The van der Waals surface area contributed by atoms with Crippen LogP contribution in [0.15, 0.2) is 0 Å². The van der Waals surface area contributed by atoms with Crippen molar-refractivity contribution in [3.05, 3.63) is 0 Å². The first-order valence-corrected chi connectivity index (χ1v) is 15.4. The van der Waals surface area contributed by atoms with Crippen molar-refractivity contribution in [1.29, 1.82) is 0 Å². The number of rotatable bonds is 15. The fraction of sp³-hybridized carbons (Fsp3) is 0.933. The molecule has 0 aromatic heterocycles. The van der Waals surface area contributed by atoms with Crippen LogP contribution in [0.5, 0.6) is 0 Å². The van der Waals surface area contributed by atoms with Crippen LogP contribution >= 0.6 is 0 Å². The van der Waals surface area contributed by atoms with E-state index >= 15 is 0 Å². The van der Waals surface area contributed by atoms with E-state index in [2.05, 4.69) is 47.5 Å². The minimum absolute atomic E-state index is 0.329. The first-order chi connectivity index (χ1) is 17.5. The molecule has 0 aromatic carbocycles. The molecular formula is C30H58N4O2. The van der Waals surface area contributed by atoms with Gasteiger partial charge in [0.25, 0.3) is 0 Å². The molecule has 2 aliphatic heterocycles. The molecular weight excluding hydrogens is 448 g/mol. The van der Waals surface area contributed by atoms with Gasteiger partial charge in [0.1, 0.15) is 0 Å². The molecule has 2 fully saturated rings. The van der Waals surface area contributed by atoms with Gasteiger partial charge in [0.2, 0.25) is 11.8 Å². The molecule has 0 aliphatic carbocycles. The molecule has 210 valence electrons. The van der Waals surface area contributed by atoms with Gasteiger partial charge in [-0.1, -0.05) is 65.2 Å². The van der Waals surface area contributed by atoms with E-state index in [9.17, 15) is 9.59 Å². The summed E-state index contributed by atoms with van der Waals surface area (Å²) >= 11 is 0. The summed E-state index contributed by atoms with van der Waals surface area (Å²) in [5.74, 6) is 0.663. The smallest absolute Gasteiger partial charge is 0.224 e. The van der Waals surface area contributed by atoms with Crippen LogP contribution in [0, 0.1) is 0 Å². The summed E-state index contributed by atoms with van der Waals surface area (Å²) in [6.45, 7) is 10.1. The second-order valence-electron chi connectivity index (χ2n) is 11.6. The number of hydrogen-bond donors (Lipinski definition) is 0. The van der Waals surface area contributed by atoms with Crippen LogP contribution in [0.2, 0.25) is 0 Å². The number of unbranched alkanes of at least 4 members (excludes halogenated alkanes) is 7. The SMILES string of the molecule is CCCCCCC[C@H]1CC(=O)N(CCCCN2CCCN(C)[C@H](CCCCC)CC2=O)CCCN1C. The number of nitrogens with zero attached hydrogens (tertiary/aromatic N) is 4. The highest BCUT2D eigenvalue weighted by Crippen LogP contribution is 2.19. The summed E-state index contributed by atoms with van der Waals surface area (Å²) in [6.07, 6.45) is 17.9. The monoisotopic (exact) mass is 506 g/mol. The van der Waals surface area contributed by atoms with Gasteiger partial charge in [-0.3, -0.25) is 9.59 Å². The van der Waals surface area contributed by atoms with E-state index in [0.717, 1.165) is 77.8 Å². The zero-order valence-electron chi connectivity index (χ0n) is 24.3. The van der Waals surface area contributed by atoms with Crippen molar-refractivity contribution < 1.29 is 9.59 Å². The number of carbonyl (C=O) groups is 2. The lowest BCUT2D eigenvalue weighted by Gasteiger charge is -2.35. The maximum Gasteiger partial charge on any atom is 0.224 e. The van der Waals surface area contributed by atoms with Crippen molar-refractivity contribution in [1.82, 2.24) is 19.6 Å². The third-order valence-electron chi connectivity index (χ3n) is 8.54. The Morgan fingerprint density at radius 3 is 1.47 bits per heavy atom. The van der Waals surface area contributed by atoms with Crippen molar-refractivity contribution in [2.45, 2.75) is 129 Å². The van der Waals surface area contributed by atoms with Crippen LogP contribution in [-0.2, 0) is 9.59 Å². The largest absolute Gasteiger partial charge is 0.343 e. The molecule has 2 saturated heterocycles. The molecule has 0 N–H and O–H groups in total. The van der Waals surface area contributed by atoms with Crippen molar-refractivity contribution >= 4 is 11.8 Å². The van der Waals surface area contributed by atoms with Crippen LogP contribution in [0.4, 0.5) is 0 Å². The van der Waals surface area contributed by atoms with Crippen LogP contribution < -0.4 is 0 Å². The lowest BCUT2D eigenvalue weighted by atomic mass is 10.0. The van der Waals surface area contributed by atoms with Crippen molar-refractivity contribution in [2.75, 3.05) is 53.4 Å². The second-order valence-corrected chi connectivity index (χ2v) is 11.6. The van der Waals surface area contributed by atoms with Crippen LogP contribution in [0.3, 0.4) is 0 Å². The van der Waals surface area contributed by atoms with E-state index in [4.69, 9.17) is 0 Å². The summed E-state index contributed by atoms with van der Waals surface area (Å²) in [5.41, 5.74) is 0. The summed E-state index contributed by atoms with van der Waals surface area (Å²) < 4.78 is 0. The third-order valence-corrected chi connectivity index (χ3v) is 8.54. The lowest BCUT2D eigenvalue weighted by molar-refractivity contribution is -0.135. The fourth-order valence-electron chi connectivity index (χ4n) is 5.95. The van der Waals surface area contributed by atoms with E-state index < -0.39 is 0 Å². The van der Waals surface area contributed by atoms with Gasteiger partial charge in [0.15, 0.2) is 0 Å². The van der Waals surface area contributed by atoms with Gasteiger partial charge >= 0.3 is 0 Å². The van der Waals surface area contributed by atoms with E-state index in [1.165, 1.54) is 51.4 Å². The summed E-state index contributed by atoms with van der Waals surface area (Å²) in [6, 6.07) is 0.784. The Hall–Kier alpha value is -1.14. The Morgan fingerprint density at radius 2 is 1.00 bits per heavy atom. The molecule has 0 aromatic rings. The molecule has 0 spiro atoms. The van der Waals surface area contributed by atoms with Gasteiger partial charge in [-0.2, -0.15) is 0 Å². The Morgan fingerprint density at radius 1 is 0.583 bits per heavy atom. The highest BCUT2D eigenvalue weighted by atomic mass is 16.2. The zero-order valence-corrected chi connectivity index (χ0v) is 24.3. The van der Waals surface area contributed by atoms with Gasteiger partial charge in [-0.25, -0.2) is 0 Å². The topological polar surface area (TPSA) is 47.1 Å². The Labute approximate surface area is 223 Å². The van der Waals surface area contributed by atoms with E-state index in [0.29, 0.717) is 36.7 Å². The normalized spacial score (nSPS) is 23.4. The second kappa shape index (κ2) is 18.2. The molecule has 2 atom stereocenters. The van der Waals surface area contributed by atoms with Crippen LogP contribution in [-0.4, -0.2) is 96.9 Å². The molecule has 2 aliphatic rings. The Bertz CT molecular complexity index is 614. The number of carbonyl (C=O) groups excluding carboxylic acids is 2. The number of hydrogen-bond acceptors (Lipinski definition) is 4. The Balaban J connectivity index is 1.74. The predicted octanol–water partition coefficient (Wildman–Crippen LogP) is 5.55. The minimum Gasteiger partial charge on any atom is -0.343 e. The van der Waals surface area contributed by atoms with E-state index in [1.54, 1.807) is 0 Å². The predicted molar refractivity (Wildman–Crippen MR) is 151 cm³/mol. The Kier molecular flexibility index (Phi) is 15.7. The molecule has 0 unspecified atom stereocenters. The molecule has 2 heterocycles. The average molecular weight is 507 g/mol. The molecule has 6 heteroatoms. The maximum atomic E-state index is 13.1. The van der Waals surface area contributed by atoms with E-state index in [-0.39, 0.29) is 0 Å². The number of amides is 2. The van der Waals surface area contributed by atoms with Gasteiger partial charge in [-0.05, 0) is 65.7 Å².